The number of carbonyl (C=O) groups is 1. The van der Waals surface area contributed by atoms with Crippen LogP contribution in [-0.2, 0) is 4.74 Å². The molecule has 1 aliphatic carbocycles. The topological polar surface area (TPSA) is 70.6 Å². The van der Waals surface area contributed by atoms with Crippen molar-refractivity contribution < 1.29 is 14.6 Å². The van der Waals surface area contributed by atoms with E-state index < -0.39 is 0 Å². The molecule has 0 aromatic carbocycles. The van der Waals surface area contributed by atoms with Crippen LogP contribution in [0.2, 0.25) is 0 Å². The van der Waals surface area contributed by atoms with Crippen LogP contribution in [-0.4, -0.2) is 43.5 Å². The van der Waals surface area contributed by atoms with E-state index >= 15 is 0 Å². The van der Waals surface area contributed by atoms with Crippen LogP contribution in [0.25, 0.3) is 0 Å². The van der Waals surface area contributed by atoms with Crippen molar-refractivity contribution in [2.75, 3.05) is 26.4 Å². The van der Waals surface area contributed by atoms with E-state index in [0.29, 0.717) is 6.54 Å². The average molecular weight is 244 g/mol. The lowest BCUT2D eigenvalue weighted by atomic mass is 10.0. The van der Waals surface area contributed by atoms with Gasteiger partial charge in [0.2, 0.25) is 0 Å². The van der Waals surface area contributed by atoms with Gasteiger partial charge >= 0.3 is 6.03 Å². The molecule has 1 saturated carbocycles. The Balaban J connectivity index is 2.14. The second-order valence-corrected chi connectivity index (χ2v) is 4.86. The van der Waals surface area contributed by atoms with Crippen LogP contribution in [0.15, 0.2) is 0 Å². The van der Waals surface area contributed by atoms with E-state index in [-0.39, 0.29) is 24.1 Å². The molecule has 100 valence electrons. The maximum Gasteiger partial charge on any atom is 0.315 e. The summed E-state index contributed by atoms with van der Waals surface area (Å²) in [5.74, 6) is 0. The molecule has 0 spiro atoms. The van der Waals surface area contributed by atoms with E-state index in [0.717, 1.165) is 32.5 Å². The van der Waals surface area contributed by atoms with Crippen molar-refractivity contribution in [1.82, 2.24) is 10.6 Å². The van der Waals surface area contributed by atoms with Gasteiger partial charge in [0.25, 0.3) is 0 Å². The fourth-order valence-electron chi connectivity index (χ4n) is 1.71. The fraction of sp³-hybridized carbons (Fsp3) is 0.917. The molecule has 2 amide bonds. The van der Waals surface area contributed by atoms with E-state index in [1.54, 1.807) is 6.92 Å². The van der Waals surface area contributed by atoms with Crippen molar-refractivity contribution in [3.8, 4) is 0 Å². The summed E-state index contributed by atoms with van der Waals surface area (Å²) in [5.41, 5.74) is 0.259. The predicted molar refractivity (Wildman–Crippen MR) is 65.9 cm³/mol. The SMILES string of the molecule is CCOCCC1(CNC(=O)N[C@@H](C)CO)CC1. The van der Waals surface area contributed by atoms with Crippen molar-refractivity contribution in [3.05, 3.63) is 0 Å². The molecule has 0 aromatic heterocycles. The van der Waals surface area contributed by atoms with Gasteiger partial charge in [-0.05, 0) is 38.5 Å². The second-order valence-electron chi connectivity index (χ2n) is 4.86. The second kappa shape index (κ2) is 6.81. The van der Waals surface area contributed by atoms with Gasteiger partial charge in [0, 0.05) is 19.8 Å². The Morgan fingerprint density at radius 1 is 1.53 bits per heavy atom. The lowest BCUT2D eigenvalue weighted by molar-refractivity contribution is 0.128. The molecule has 0 unspecified atom stereocenters. The number of carbonyl (C=O) groups excluding carboxylic acids is 1. The molecule has 1 rings (SSSR count). The molecule has 3 N–H and O–H groups in total. The van der Waals surface area contributed by atoms with Crippen LogP contribution >= 0.6 is 0 Å². The van der Waals surface area contributed by atoms with E-state index in [9.17, 15) is 4.79 Å². The summed E-state index contributed by atoms with van der Waals surface area (Å²) >= 11 is 0. The van der Waals surface area contributed by atoms with Gasteiger partial charge in [0.05, 0.1) is 12.6 Å². The summed E-state index contributed by atoms with van der Waals surface area (Å²) < 4.78 is 5.34. The highest BCUT2D eigenvalue weighted by Crippen LogP contribution is 2.48. The van der Waals surface area contributed by atoms with Crippen molar-refractivity contribution in [3.63, 3.8) is 0 Å². The highest BCUT2D eigenvalue weighted by molar-refractivity contribution is 5.74. The number of hydrogen-bond donors (Lipinski definition) is 3. The third kappa shape index (κ3) is 5.37. The quantitative estimate of drug-likeness (QED) is 0.555. The summed E-state index contributed by atoms with van der Waals surface area (Å²) in [6, 6.07) is -0.400. The zero-order valence-corrected chi connectivity index (χ0v) is 10.8. The molecule has 5 nitrogen and oxygen atoms in total. The minimum atomic E-state index is -0.200. The molecule has 0 bridgehead atoms. The Morgan fingerprint density at radius 2 is 2.24 bits per heavy atom. The van der Waals surface area contributed by atoms with Crippen molar-refractivity contribution in [1.29, 1.82) is 0 Å². The zero-order chi connectivity index (χ0) is 12.7. The molecule has 0 radical (unpaired) electrons. The Kier molecular flexibility index (Phi) is 5.71. The fourth-order valence-corrected chi connectivity index (χ4v) is 1.71. The number of amides is 2. The number of hydrogen-bond acceptors (Lipinski definition) is 3. The number of ether oxygens (including phenoxy) is 1. The maximum atomic E-state index is 11.5. The van der Waals surface area contributed by atoms with Gasteiger partial charge in [0.1, 0.15) is 0 Å². The number of aliphatic hydroxyl groups is 1. The minimum absolute atomic E-state index is 0.0388. The predicted octanol–water partition coefficient (Wildman–Crippen LogP) is 0.873. The van der Waals surface area contributed by atoms with Gasteiger partial charge in [-0.2, -0.15) is 0 Å². The van der Waals surface area contributed by atoms with Gasteiger partial charge < -0.3 is 20.5 Å². The first kappa shape index (κ1) is 14.3. The van der Waals surface area contributed by atoms with Crippen LogP contribution in [0.4, 0.5) is 4.79 Å². The molecule has 17 heavy (non-hydrogen) atoms. The third-order valence-corrected chi connectivity index (χ3v) is 3.21. The molecule has 0 aromatic rings. The average Bonchev–Trinajstić information content (AvgIpc) is 3.07. The first-order valence-electron chi connectivity index (χ1n) is 6.35. The Bertz CT molecular complexity index is 242. The first-order chi connectivity index (χ1) is 8.12. The normalized spacial score (nSPS) is 18.5. The van der Waals surface area contributed by atoms with Gasteiger partial charge in [-0.25, -0.2) is 4.79 Å². The highest BCUT2D eigenvalue weighted by Gasteiger charge is 2.42. The molecule has 0 aliphatic heterocycles. The molecule has 5 heteroatoms. The molecular weight excluding hydrogens is 220 g/mol. The van der Waals surface area contributed by atoms with Crippen molar-refractivity contribution >= 4 is 6.03 Å². The van der Waals surface area contributed by atoms with Crippen LogP contribution in [0.5, 0.6) is 0 Å². The molecule has 1 aliphatic rings. The van der Waals surface area contributed by atoms with Crippen LogP contribution < -0.4 is 10.6 Å². The highest BCUT2D eigenvalue weighted by atomic mass is 16.5. The van der Waals surface area contributed by atoms with E-state index in [1.165, 1.54) is 0 Å². The van der Waals surface area contributed by atoms with Crippen molar-refractivity contribution in [2.45, 2.75) is 39.2 Å². The summed E-state index contributed by atoms with van der Waals surface area (Å²) in [7, 11) is 0. The number of rotatable bonds is 8. The first-order valence-corrected chi connectivity index (χ1v) is 6.35. The molecule has 0 saturated heterocycles. The lowest BCUT2D eigenvalue weighted by Gasteiger charge is -2.17. The summed E-state index contributed by atoms with van der Waals surface area (Å²) in [6.07, 6.45) is 3.34. The Hall–Kier alpha value is -0.810. The number of urea groups is 1. The molecule has 1 atom stereocenters. The van der Waals surface area contributed by atoms with E-state index in [2.05, 4.69) is 10.6 Å². The van der Waals surface area contributed by atoms with Crippen LogP contribution in [0.1, 0.15) is 33.1 Å². The zero-order valence-electron chi connectivity index (χ0n) is 10.8. The molecular formula is C12H24N2O3. The van der Waals surface area contributed by atoms with Crippen LogP contribution in [0.3, 0.4) is 0 Å². The lowest BCUT2D eigenvalue weighted by Crippen LogP contribution is -2.44. The summed E-state index contributed by atoms with van der Waals surface area (Å²) in [5, 5.41) is 14.3. The van der Waals surface area contributed by atoms with Gasteiger partial charge in [0.15, 0.2) is 0 Å². The number of nitrogens with one attached hydrogen (secondary N) is 2. The Morgan fingerprint density at radius 3 is 2.76 bits per heavy atom. The molecule has 1 fully saturated rings. The van der Waals surface area contributed by atoms with E-state index in [1.807, 2.05) is 6.92 Å². The third-order valence-electron chi connectivity index (χ3n) is 3.21. The minimum Gasteiger partial charge on any atom is -0.394 e. The number of aliphatic hydroxyl groups excluding tert-OH is 1. The van der Waals surface area contributed by atoms with Gasteiger partial charge in [-0.1, -0.05) is 0 Å². The maximum absolute atomic E-state index is 11.5. The largest absolute Gasteiger partial charge is 0.394 e. The summed E-state index contributed by atoms with van der Waals surface area (Å²) in [6.45, 7) is 5.93. The van der Waals surface area contributed by atoms with Crippen molar-refractivity contribution in [2.24, 2.45) is 5.41 Å². The van der Waals surface area contributed by atoms with Crippen LogP contribution in [0, 0.1) is 5.41 Å². The van der Waals surface area contributed by atoms with Gasteiger partial charge in [-0.3, -0.25) is 0 Å². The van der Waals surface area contributed by atoms with E-state index in [4.69, 9.17) is 9.84 Å². The summed E-state index contributed by atoms with van der Waals surface area (Å²) in [4.78, 5) is 11.5. The standard InChI is InChI=1S/C12H24N2O3/c1-3-17-7-6-12(4-5-12)9-13-11(16)14-10(2)8-15/h10,15H,3-9H2,1-2H3,(H2,13,14,16)/t10-/m0/s1. The van der Waals surface area contributed by atoms with Gasteiger partial charge in [-0.15, -0.1) is 0 Å². The smallest absolute Gasteiger partial charge is 0.315 e. The monoisotopic (exact) mass is 244 g/mol. The molecule has 0 heterocycles. The Labute approximate surface area is 103 Å².